The third-order valence-corrected chi connectivity index (χ3v) is 5.02. The van der Waals surface area contributed by atoms with Crippen LogP contribution in [0.2, 0.25) is 0 Å². The lowest BCUT2D eigenvalue weighted by atomic mass is 10.1. The lowest BCUT2D eigenvalue weighted by Gasteiger charge is -2.29. The highest BCUT2D eigenvalue weighted by Gasteiger charge is 2.34. The van der Waals surface area contributed by atoms with Crippen LogP contribution in [0.15, 0.2) is 48.0 Å². The minimum atomic E-state index is -1.12. The fourth-order valence-electron chi connectivity index (χ4n) is 3.14. The van der Waals surface area contributed by atoms with E-state index in [1.165, 1.54) is 24.0 Å². The summed E-state index contributed by atoms with van der Waals surface area (Å²) in [5.41, 5.74) is 0.833. The molecule has 1 fully saturated rings. The third kappa shape index (κ3) is 5.52. The minimum absolute atomic E-state index is 0.0299. The van der Waals surface area contributed by atoms with Gasteiger partial charge in [0.2, 0.25) is 0 Å². The molecule has 1 saturated heterocycles. The predicted molar refractivity (Wildman–Crippen MR) is 129 cm³/mol. The summed E-state index contributed by atoms with van der Waals surface area (Å²) < 4.78 is 16.4. The second-order valence-electron chi connectivity index (χ2n) is 7.12. The minimum Gasteiger partial charge on any atom is -0.494 e. The zero-order valence-corrected chi connectivity index (χ0v) is 19.7. The van der Waals surface area contributed by atoms with Crippen molar-refractivity contribution >= 4 is 46.9 Å². The molecule has 3 rings (SSSR count). The number of hydrogen-bond donors (Lipinski definition) is 2. The SMILES string of the molecule is CCOc1ccc(N2C(=O)/C(=C\c3ccc(O[C@@H](C)C(=O)O)c(OCC)c3)C(=O)NC2=S)cc1. The van der Waals surface area contributed by atoms with Crippen molar-refractivity contribution in [2.45, 2.75) is 26.9 Å². The molecular weight excluding hydrogens is 460 g/mol. The van der Waals surface area contributed by atoms with Crippen LogP contribution < -0.4 is 24.4 Å². The molecule has 9 nitrogen and oxygen atoms in total. The zero-order chi connectivity index (χ0) is 24.8. The Bertz CT molecular complexity index is 1140. The van der Waals surface area contributed by atoms with Gasteiger partial charge in [-0.3, -0.25) is 19.8 Å². The van der Waals surface area contributed by atoms with Gasteiger partial charge >= 0.3 is 5.97 Å². The van der Waals surface area contributed by atoms with Crippen LogP contribution in [-0.2, 0) is 14.4 Å². The van der Waals surface area contributed by atoms with E-state index in [4.69, 9.17) is 31.5 Å². The van der Waals surface area contributed by atoms with Gasteiger partial charge in [0.15, 0.2) is 22.7 Å². The summed E-state index contributed by atoms with van der Waals surface area (Å²) in [6.45, 7) is 5.84. The van der Waals surface area contributed by atoms with Crippen LogP contribution in [-0.4, -0.2) is 47.3 Å². The van der Waals surface area contributed by atoms with Gasteiger partial charge in [0.1, 0.15) is 11.3 Å². The van der Waals surface area contributed by atoms with Crippen molar-refractivity contribution in [2.24, 2.45) is 0 Å². The lowest BCUT2D eigenvalue weighted by molar-refractivity contribution is -0.144. The van der Waals surface area contributed by atoms with Gasteiger partial charge in [0.05, 0.1) is 18.9 Å². The predicted octanol–water partition coefficient (Wildman–Crippen LogP) is 3.17. The number of nitrogens with zero attached hydrogens (tertiary/aromatic N) is 1. The molecule has 1 aliphatic heterocycles. The molecule has 1 atom stereocenters. The quantitative estimate of drug-likeness (QED) is 0.317. The zero-order valence-electron chi connectivity index (χ0n) is 18.9. The van der Waals surface area contributed by atoms with Crippen LogP contribution in [0.4, 0.5) is 5.69 Å². The average molecular weight is 485 g/mol. The van der Waals surface area contributed by atoms with Crippen LogP contribution in [0.3, 0.4) is 0 Å². The summed E-state index contributed by atoms with van der Waals surface area (Å²) >= 11 is 5.23. The molecule has 0 saturated carbocycles. The first kappa shape index (κ1) is 24.7. The number of carboxylic acids is 1. The number of benzene rings is 2. The van der Waals surface area contributed by atoms with E-state index < -0.39 is 23.9 Å². The molecule has 10 heteroatoms. The molecule has 178 valence electrons. The molecule has 0 radical (unpaired) electrons. The number of aliphatic carboxylic acids is 1. The lowest BCUT2D eigenvalue weighted by Crippen LogP contribution is -2.54. The van der Waals surface area contributed by atoms with E-state index in [2.05, 4.69) is 5.32 Å². The van der Waals surface area contributed by atoms with Crippen molar-refractivity contribution in [1.29, 1.82) is 0 Å². The summed E-state index contributed by atoms with van der Waals surface area (Å²) in [4.78, 5) is 38.1. The normalized spacial score (nSPS) is 15.7. The van der Waals surface area contributed by atoms with E-state index in [1.807, 2.05) is 6.92 Å². The Balaban J connectivity index is 1.93. The van der Waals surface area contributed by atoms with E-state index in [0.717, 1.165) is 0 Å². The van der Waals surface area contributed by atoms with Crippen LogP contribution in [0.1, 0.15) is 26.3 Å². The van der Waals surface area contributed by atoms with Gasteiger partial charge < -0.3 is 19.3 Å². The van der Waals surface area contributed by atoms with Crippen LogP contribution in [0.5, 0.6) is 17.2 Å². The third-order valence-electron chi connectivity index (χ3n) is 4.74. The first-order valence-corrected chi connectivity index (χ1v) is 11.0. The Kier molecular flexibility index (Phi) is 7.85. The second-order valence-corrected chi connectivity index (χ2v) is 7.51. The maximum absolute atomic E-state index is 13.2. The molecule has 1 heterocycles. The molecule has 34 heavy (non-hydrogen) atoms. The Morgan fingerprint density at radius 2 is 1.76 bits per heavy atom. The maximum atomic E-state index is 13.2. The van der Waals surface area contributed by atoms with Crippen molar-refractivity contribution in [3.63, 3.8) is 0 Å². The molecule has 0 unspecified atom stereocenters. The van der Waals surface area contributed by atoms with Crippen molar-refractivity contribution in [3.05, 3.63) is 53.6 Å². The molecule has 2 aromatic rings. The first-order valence-electron chi connectivity index (χ1n) is 10.6. The standard InChI is InChI=1S/C24H24N2O7S/c1-4-31-17-9-7-16(8-10-17)26-22(28)18(21(27)25-24(26)34)12-15-6-11-19(20(13-15)32-5-2)33-14(3)23(29)30/h6-14H,4-5H2,1-3H3,(H,29,30)(H,25,27,34)/b18-12-/t14-/m0/s1. The Hall–Kier alpha value is -3.92. The molecule has 0 spiro atoms. The number of ether oxygens (including phenoxy) is 3. The van der Waals surface area contributed by atoms with Crippen LogP contribution in [0, 0.1) is 0 Å². The number of amides is 2. The van der Waals surface area contributed by atoms with Crippen LogP contribution in [0.25, 0.3) is 6.08 Å². The highest BCUT2D eigenvalue weighted by Crippen LogP contribution is 2.31. The smallest absolute Gasteiger partial charge is 0.344 e. The van der Waals surface area contributed by atoms with Crippen molar-refractivity contribution in [3.8, 4) is 17.2 Å². The highest BCUT2D eigenvalue weighted by molar-refractivity contribution is 7.80. The maximum Gasteiger partial charge on any atom is 0.344 e. The number of carboxylic acid groups (broad SMARTS) is 1. The van der Waals surface area contributed by atoms with Crippen molar-refractivity contribution < 1.29 is 33.7 Å². The van der Waals surface area contributed by atoms with Crippen LogP contribution >= 0.6 is 12.2 Å². The van der Waals surface area contributed by atoms with Gasteiger partial charge in [-0.15, -0.1) is 0 Å². The highest BCUT2D eigenvalue weighted by atomic mass is 32.1. The average Bonchev–Trinajstić information content (AvgIpc) is 2.79. The molecular formula is C24H24N2O7S. The number of carbonyl (C=O) groups excluding carboxylic acids is 2. The van der Waals surface area contributed by atoms with E-state index in [9.17, 15) is 14.4 Å². The summed E-state index contributed by atoms with van der Waals surface area (Å²) in [7, 11) is 0. The van der Waals surface area contributed by atoms with Gasteiger partial charge in [-0.1, -0.05) is 6.07 Å². The summed E-state index contributed by atoms with van der Waals surface area (Å²) in [6.07, 6.45) is 0.325. The van der Waals surface area contributed by atoms with Gasteiger partial charge in [0, 0.05) is 0 Å². The Labute approximate surface area is 201 Å². The fraction of sp³-hybridized carbons (Fsp3) is 0.250. The van der Waals surface area contributed by atoms with Crippen molar-refractivity contribution in [2.75, 3.05) is 18.1 Å². The van der Waals surface area contributed by atoms with Gasteiger partial charge in [-0.2, -0.15) is 0 Å². The van der Waals surface area contributed by atoms with Gasteiger partial charge in [-0.05, 0) is 81.0 Å². The molecule has 0 aromatic heterocycles. The van der Waals surface area contributed by atoms with E-state index in [1.54, 1.807) is 43.3 Å². The largest absolute Gasteiger partial charge is 0.494 e. The van der Waals surface area contributed by atoms with Crippen molar-refractivity contribution in [1.82, 2.24) is 5.32 Å². The summed E-state index contributed by atoms with van der Waals surface area (Å²) in [5.74, 6) is -1.18. The number of rotatable bonds is 9. The number of anilines is 1. The summed E-state index contributed by atoms with van der Waals surface area (Å²) in [6, 6.07) is 11.4. The summed E-state index contributed by atoms with van der Waals surface area (Å²) in [5, 5.41) is 11.6. The number of thiocarbonyl (C=S) groups is 1. The fourth-order valence-corrected chi connectivity index (χ4v) is 3.42. The van der Waals surface area contributed by atoms with Gasteiger partial charge in [0.25, 0.3) is 11.8 Å². The number of nitrogens with one attached hydrogen (secondary N) is 1. The molecule has 2 amide bonds. The molecule has 0 bridgehead atoms. The van der Waals surface area contributed by atoms with E-state index in [0.29, 0.717) is 30.2 Å². The van der Waals surface area contributed by atoms with Gasteiger partial charge in [-0.25, -0.2) is 4.79 Å². The molecule has 2 aromatic carbocycles. The van der Waals surface area contributed by atoms with E-state index >= 15 is 0 Å². The molecule has 2 N–H and O–H groups in total. The molecule has 0 aliphatic carbocycles. The number of carbonyl (C=O) groups is 3. The van der Waals surface area contributed by atoms with E-state index in [-0.39, 0.29) is 22.2 Å². The number of hydrogen-bond acceptors (Lipinski definition) is 7. The monoisotopic (exact) mass is 484 g/mol. The second kappa shape index (κ2) is 10.8. The Morgan fingerprint density at radius 1 is 1.09 bits per heavy atom. The Morgan fingerprint density at radius 3 is 2.38 bits per heavy atom. The molecule has 1 aliphatic rings. The topological polar surface area (TPSA) is 114 Å². The first-order chi connectivity index (χ1) is 16.2.